The zero-order chi connectivity index (χ0) is 14.3. The lowest BCUT2D eigenvalue weighted by Gasteiger charge is -2.10. The van der Waals surface area contributed by atoms with Gasteiger partial charge in [-0.05, 0) is 18.4 Å². The van der Waals surface area contributed by atoms with Crippen molar-refractivity contribution in [2.45, 2.75) is 38.6 Å². The van der Waals surface area contributed by atoms with Gasteiger partial charge >= 0.3 is 0 Å². The number of aromatic nitrogens is 1. The number of nitrogens with two attached hydrogens (primary N) is 1. The first kappa shape index (κ1) is 16.5. The second-order valence-electron chi connectivity index (χ2n) is 4.76. The predicted molar refractivity (Wildman–Crippen MR) is 83.9 cm³/mol. The topological polar surface area (TPSA) is 68.0 Å². The molecule has 4 nitrogen and oxygen atoms in total. The van der Waals surface area contributed by atoms with E-state index in [1.54, 1.807) is 23.1 Å². The van der Waals surface area contributed by atoms with Gasteiger partial charge in [0.2, 0.25) is 5.91 Å². The Labute approximate surface area is 123 Å². The molecule has 1 atom stereocenters. The van der Waals surface area contributed by atoms with E-state index in [4.69, 9.17) is 5.73 Å². The number of hydrogen-bond acceptors (Lipinski definition) is 5. The molecule has 0 fully saturated rings. The minimum Gasteiger partial charge on any atom is -0.354 e. The normalized spacial score (nSPS) is 12.7. The summed E-state index contributed by atoms with van der Waals surface area (Å²) in [4.78, 5) is 16.2. The van der Waals surface area contributed by atoms with E-state index in [2.05, 4.69) is 29.5 Å². The van der Waals surface area contributed by atoms with Crippen LogP contribution in [0.5, 0.6) is 0 Å². The number of amides is 1. The van der Waals surface area contributed by atoms with Crippen LogP contribution >= 0.6 is 23.1 Å². The van der Waals surface area contributed by atoms with Gasteiger partial charge in [-0.2, -0.15) is 11.8 Å². The molecule has 6 heteroatoms. The molecule has 0 aliphatic rings. The van der Waals surface area contributed by atoms with E-state index in [-0.39, 0.29) is 5.91 Å². The molecule has 3 N–H and O–H groups in total. The van der Waals surface area contributed by atoms with E-state index in [0.29, 0.717) is 12.5 Å². The van der Waals surface area contributed by atoms with Gasteiger partial charge in [-0.25, -0.2) is 4.98 Å². The Hall–Kier alpha value is -0.590. The van der Waals surface area contributed by atoms with Gasteiger partial charge in [0.1, 0.15) is 0 Å². The Balaban J connectivity index is 2.27. The van der Waals surface area contributed by atoms with Crippen LogP contribution in [0.2, 0.25) is 0 Å². The van der Waals surface area contributed by atoms with Crippen molar-refractivity contribution in [3.05, 3.63) is 16.1 Å². The molecule has 1 amide bonds. The second-order valence-corrected chi connectivity index (χ2v) is 6.64. The monoisotopic (exact) mass is 301 g/mol. The molecule has 0 radical (unpaired) electrons. The van der Waals surface area contributed by atoms with Gasteiger partial charge in [0, 0.05) is 24.3 Å². The standard InChI is InChI=1S/C13H23N3OS2/c1-9(2)13-16-10(8-19-13)4-6-15-12(17)11(14)5-7-18-3/h8-9,11H,4-7,14H2,1-3H3,(H,15,17)/t11-/m0/s1. The molecule has 0 aliphatic carbocycles. The van der Waals surface area contributed by atoms with Crippen LogP contribution in [0.3, 0.4) is 0 Å². The van der Waals surface area contributed by atoms with Gasteiger partial charge in [0.15, 0.2) is 0 Å². The van der Waals surface area contributed by atoms with Crippen LogP contribution in [0.4, 0.5) is 0 Å². The molecular weight excluding hydrogens is 278 g/mol. The third kappa shape index (κ3) is 5.93. The highest BCUT2D eigenvalue weighted by Crippen LogP contribution is 2.19. The molecule has 1 aromatic rings. The molecule has 0 spiro atoms. The summed E-state index contributed by atoms with van der Waals surface area (Å²) in [5.41, 5.74) is 6.84. The van der Waals surface area contributed by atoms with Crippen molar-refractivity contribution in [3.8, 4) is 0 Å². The summed E-state index contributed by atoms with van der Waals surface area (Å²) >= 11 is 3.39. The predicted octanol–water partition coefficient (Wildman–Crippen LogP) is 2.01. The average molecular weight is 301 g/mol. The SMILES string of the molecule is CSCC[C@H](N)C(=O)NCCc1csc(C(C)C)n1. The van der Waals surface area contributed by atoms with Crippen LogP contribution in [0.25, 0.3) is 0 Å². The van der Waals surface area contributed by atoms with E-state index in [1.165, 1.54) is 0 Å². The highest BCUT2D eigenvalue weighted by molar-refractivity contribution is 7.98. The lowest BCUT2D eigenvalue weighted by Crippen LogP contribution is -2.41. The first-order valence-corrected chi connectivity index (χ1v) is 8.78. The van der Waals surface area contributed by atoms with Crippen molar-refractivity contribution in [1.82, 2.24) is 10.3 Å². The van der Waals surface area contributed by atoms with Crippen molar-refractivity contribution >= 4 is 29.0 Å². The maximum absolute atomic E-state index is 11.7. The Bertz CT molecular complexity index is 393. The van der Waals surface area contributed by atoms with Gasteiger partial charge in [0.25, 0.3) is 0 Å². The fourth-order valence-electron chi connectivity index (χ4n) is 1.52. The second kappa shape index (κ2) is 8.55. The summed E-state index contributed by atoms with van der Waals surface area (Å²) in [6.45, 7) is 4.87. The smallest absolute Gasteiger partial charge is 0.236 e. The van der Waals surface area contributed by atoms with Gasteiger partial charge in [-0.15, -0.1) is 11.3 Å². The fraction of sp³-hybridized carbons (Fsp3) is 0.692. The quantitative estimate of drug-likeness (QED) is 0.770. The van der Waals surface area contributed by atoms with Gasteiger partial charge in [0.05, 0.1) is 16.7 Å². The first-order chi connectivity index (χ1) is 9.04. The lowest BCUT2D eigenvalue weighted by atomic mass is 10.2. The molecule has 0 aromatic carbocycles. The summed E-state index contributed by atoms with van der Waals surface area (Å²) < 4.78 is 0. The van der Waals surface area contributed by atoms with Crippen molar-refractivity contribution < 1.29 is 4.79 Å². The maximum Gasteiger partial charge on any atom is 0.236 e. The zero-order valence-corrected chi connectivity index (χ0v) is 13.4. The van der Waals surface area contributed by atoms with Crippen molar-refractivity contribution in [1.29, 1.82) is 0 Å². The Morgan fingerprint density at radius 1 is 1.58 bits per heavy atom. The number of carbonyl (C=O) groups excluding carboxylic acids is 1. The third-order valence-electron chi connectivity index (χ3n) is 2.71. The zero-order valence-electron chi connectivity index (χ0n) is 11.8. The summed E-state index contributed by atoms with van der Waals surface area (Å²) in [6, 6.07) is -0.394. The molecule has 0 bridgehead atoms. The summed E-state index contributed by atoms with van der Waals surface area (Å²) in [5.74, 6) is 1.32. The molecule has 0 aliphatic heterocycles. The van der Waals surface area contributed by atoms with Gasteiger partial charge in [-0.3, -0.25) is 4.79 Å². The fourth-order valence-corrected chi connectivity index (χ4v) is 2.88. The number of rotatable bonds is 8. The van der Waals surface area contributed by atoms with E-state index in [9.17, 15) is 4.79 Å². The molecule has 19 heavy (non-hydrogen) atoms. The van der Waals surface area contributed by atoms with Crippen LogP contribution < -0.4 is 11.1 Å². The third-order valence-corrected chi connectivity index (χ3v) is 4.55. The molecule has 0 saturated heterocycles. The molecular formula is C13H23N3OS2. The molecule has 1 aromatic heterocycles. The first-order valence-electron chi connectivity index (χ1n) is 6.51. The molecule has 1 rings (SSSR count). The number of carbonyl (C=O) groups is 1. The largest absolute Gasteiger partial charge is 0.354 e. The number of thioether (sulfide) groups is 1. The van der Waals surface area contributed by atoms with Crippen LogP contribution in [-0.2, 0) is 11.2 Å². The molecule has 0 saturated carbocycles. The van der Waals surface area contributed by atoms with Crippen LogP contribution in [0.1, 0.15) is 36.9 Å². The highest BCUT2D eigenvalue weighted by Gasteiger charge is 2.12. The van der Waals surface area contributed by atoms with E-state index in [1.807, 2.05) is 6.26 Å². The van der Waals surface area contributed by atoms with Crippen LogP contribution in [-0.4, -0.2) is 35.5 Å². The summed E-state index contributed by atoms with van der Waals surface area (Å²) in [7, 11) is 0. The Kier molecular flexibility index (Phi) is 7.41. The molecule has 108 valence electrons. The van der Waals surface area contributed by atoms with Crippen molar-refractivity contribution in [2.75, 3.05) is 18.6 Å². The highest BCUT2D eigenvalue weighted by atomic mass is 32.2. The average Bonchev–Trinajstić information content (AvgIpc) is 2.84. The van der Waals surface area contributed by atoms with E-state index >= 15 is 0 Å². The van der Waals surface area contributed by atoms with Crippen molar-refractivity contribution in [2.24, 2.45) is 5.73 Å². The van der Waals surface area contributed by atoms with E-state index in [0.717, 1.165) is 29.3 Å². The van der Waals surface area contributed by atoms with Crippen molar-refractivity contribution in [3.63, 3.8) is 0 Å². The maximum atomic E-state index is 11.7. The number of nitrogens with one attached hydrogen (secondary N) is 1. The van der Waals surface area contributed by atoms with Crippen LogP contribution in [0.15, 0.2) is 5.38 Å². The van der Waals surface area contributed by atoms with E-state index < -0.39 is 6.04 Å². The minimum atomic E-state index is -0.394. The summed E-state index contributed by atoms with van der Waals surface area (Å²) in [6.07, 6.45) is 3.50. The number of hydrogen-bond donors (Lipinski definition) is 2. The summed E-state index contributed by atoms with van der Waals surface area (Å²) in [5, 5.41) is 6.09. The number of thiazole rings is 1. The lowest BCUT2D eigenvalue weighted by molar-refractivity contribution is -0.122. The Morgan fingerprint density at radius 3 is 2.89 bits per heavy atom. The molecule has 1 heterocycles. The van der Waals surface area contributed by atoms with Gasteiger partial charge in [-0.1, -0.05) is 13.8 Å². The van der Waals surface area contributed by atoms with Gasteiger partial charge < -0.3 is 11.1 Å². The Morgan fingerprint density at radius 2 is 2.32 bits per heavy atom. The number of nitrogens with zero attached hydrogens (tertiary/aromatic N) is 1. The van der Waals surface area contributed by atoms with Crippen LogP contribution in [0, 0.1) is 0 Å². The molecule has 0 unspecified atom stereocenters. The minimum absolute atomic E-state index is 0.0617.